The predicted octanol–water partition coefficient (Wildman–Crippen LogP) is 5.38. The van der Waals surface area contributed by atoms with Gasteiger partial charge in [0.05, 0.1) is 0 Å². The van der Waals surface area contributed by atoms with Crippen molar-refractivity contribution in [1.29, 1.82) is 0 Å². The van der Waals surface area contributed by atoms with Crippen LogP contribution in [0.1, 0.15) is 78.1 Å². The van der Waals surface area contributed by atoms with E-state index in [1.54, 1.807) is 0 Å². The molecule has 0 rings (SSSR count). The maximum Gasteiger partial charge on any atom is 0.321 e. The molecular formula is C19H40O3Si. The molecule has 0 unspecified atom stereocenters. The highest BCUT2D eigenvalue weighted by molar-refractivity contribution is 6.44. The summed E-state index contributed by atoms with van der Waals surface area (Å²) in [5.74, 6) is 0. The highest BCUT2D eigenvalue weighted by Crippen LogP contribution is 2.09. The summed E-state index contributed by atoms with van der Waals surface area (Å²) in [4.78, 5) is 0. The molecule has 0 atom stereocenters. The average Bonchev–Trinajstić information content (AvgIpc) is 2.55. The summed E-state index contributed by atoms with van der Waals surface area (Å²) in [6, 6.07) is 1.11. The number of allylic oxidation sites excluding steroid dienone is 1. The minimum atomic E-state index is -1.38. The molecule has 3 nitrogen and oxygen atoms in total. The van der Waals surface area contributed by atoms with Gasteiger partial charge in [0.1, 0.15) is 0 Å². The molecule has 0 heterocycles. The molecule has 0 aromatic rings. The molecule has 0 aliphatic rings. The quantitative estimate of drug-likeness (QED) is 0.179. The van der Waals surface area contributed by atoms with Crippen molar-refractivity contribution in [2.24, 2.45) is 0 Å². The molecule has 0 saturated carbocycles. The molecule has 0 bridgehead atoms. The van der Waals surface area contributed by atoms with Crippen LogP contribution in [0.3, 0.4) is 0 Å². The lowest BCUT2D eigenvalue weighted by Gasteiger charge is -2.14. The minimum absolute atomic E-state index is 0.779. The Balaban J connectivity index is 3.16. The molecule has 0 spiro atoms. The molecule has 0 radical (unpaired) electrons. The van der Waals surface area contributed by atoms with Crippen molar-refractivity contribution in [3.63, 3.8) is 0 Å². The van der Waals surface area contributed by atoms with Gasteiger partial charge >= 0.3 is 9.28 Å². The summed E-state index contributed by atoms with van der Waals surface area (Å²) >= 11 is 0. The Kier molecular flexibility index (Phi) is 19.7. The van der Waals surface area contributed by atoms with Gasteiger partial charge < -0.3 is 13.6 Å². The Morgan fingerprint density at radius 1 is 0.739 bits per heavy atom. The van der Waals surface area contributed by atoms with E-state index >= 15 is 0 Å². The van der Waals surface area contributed by atoms with Crippen LogP contribution >= 0.6 is 0 Å². The lowest BCUT2D eigenvalue weighted by molar-refractivity contribution is 0.126. The van der Waals surface area contributed by atoms with Gasteiger partial charge in [0, 0.05) is 26.4 Å². The zero-order valence-corrected chi connectivity index (χ0v) is 16.8. The molecule has 0 fully saturated rings. The Morgan fingerprint density at radius 3 is 1.83 bits per heavy atom. The summed E-state index contributed by atoms with van der Waals surface area (Å²) in [6.07, 6.45) is 14.8. The van der Waals surface area contributed by atoms with E-state index in [0.717, 1.165) is 38.9 Å². The monoisotopic (exact) mass is 344 g/mol. The first kappa shape index (κ1) is 22.8. The van der Waals surface area contributed by atoms with Gasteiger partial charge in [-0.25, -0.2) is 0 Å². The van der Waals surface area contributed by atoms with E-state index in [2.05, 4.69) is 6.58 Å². The second-order valence-corrected chi connectivity index (χ2v) is 8.10. The van der Waals surface area contributed by atoms with Crippen molar-refractivity contribution in [3.8, 4) is 0 Å². The third-order valence-corrected chi connectivity index (χ3v) is 6.17. The Hall–Kier alpha value is -0.163. The van der Waals surface area contributed by atoms with E-state index in [1.807, 2.05) is 19.9 Å². The van der Waals surface area contributed by atoms with E-state index in [-0.39, 0.29) is 0 Å². The minimum Gasteiger partial charge on any atom is -0.397 e. The van der Waals surface area contributed by atoms with Gasteiger partial charge in [-0.05, 0) is 52.0 Å². The smallest absolute Gasteiger partial charge is 0.321 e. The van der Waals surface area contributed by atoms with E-state index in [1.165, 1.54) is 57.8 Å². The summed E-state index contributed by atoms with van der Waals surface area (Å²) in [7, 11) is -1.38. The van der Waals surface area contributed by atoms with Crippen LogP contribution in [0, 0.1) is 0 Å². The molecule has 0 aliphatic carbocycles. The van der Waals surface area contributed by atoms with E-state index in [9.17, 15) is 0 Å². The zero-order chi connectivity index (χ0) is 17.0. The lowest BCUT2D eigenvalue weighted by atomic mass is 10.1. The molecule has 4 heteroatoms. The molecular weight excluding hydrogens is 304 g/mol. The largest absolute Gasteiger partial charge is 0.397 e. The van der Waals surface area contributed by atoms with Gasteiger partial charge in [0.25, 0.3) is 0 Å². The number of rotatable bonds is 19. The summed E-state index contributed by atoms with van der Waals surface area (Å²) in [5.41, 5.74) is 0. The fourth-order valence-electron chi connectivity index (χ4n) is 2.58. The number of hydrogen-bond donors (Lipinski definition) is 0. The van der Waals surface area contributed by atoms with Crippen molar-refractivity contribution < 1.29 is 13.6 Å². The van der Waals surface area contributed by atoms with Crippen molar-refractivity contribution >= 4 is 9.28 Å². The maximum atomic E-state index is 5.72. The molecule has 0 N–H and O–H groups in total. The predicted molar refractivity (Wildman–Crippen MR) is 102 cm³/mol. The Bertz CT molecular complexity index is 231. The maximum absolute atomic E-state index is 5.72. The van der Waals surface area contributed by atoms with Gasteiger partial charge in [0.2, 0.25) is 0 Å². The molecule has 0 aromatic carbocycles. The number of ether oxygens (including phenoxy) is 1. The normalized spacial score (nSPS) is 11.3. The van der Waals surface area contributed by atoms with Crippen LogP contribution in [-0.2, 0) is 13.6 Å². The first-order valence-corrected chi connectivity index (χ1v) is 11.5. The molecule has 0 aliphatic heterocycles. The lowest BCUT2D eigenvalue weighted by Crippen LogP contribution is -2.22. The van der Waals surface area contributed by atoms with Gasteiger partial charge in [0.15, 0.2) is 0 Å². The van der Waals surface area contributed by atoms with Crippen molar-refractivity contribution in [1.82, 2.24) is 0 Å². The Labute approximate surface area is 146 Å². The molecule has 0 amide bonds. The first-order chi connectivity index (χ1) is 11.3. The Morgan fingerprint density at radius 2 is 1.26 bits per heavy atom. The third kappa shape index (κ3) is 18.0. The van der Waals surface area contributed by atoms with Crippen LogP contribution < -0.4 is 0 Å². The van der Waals surface area contributed by atoms with Crippen LogP contribution in [0.25, 0.3) is 0 Å². The van der Waals surface area contributed by atoms with Gasteiger partial charge in [-0.15, -0.1) is 6.58 Å². The highest BCUT2D eigenvalue weighted by Gasteiger charge is 2.10. The second kappa shape index (κ2) is 19.9. The first-order valence-electron chi connectivity index (χ1n) is 9.77. The van der Waals surface area contributed by atoms with Crippen LogP contribution in [0.5, 0.6) is 0 Å². The molecule has 138 valence electrons. The van der Waals surface area contributed by atoms with E-state index in [4.69, 9.17) is 13.6 Å². The van der Waals surface area contributed by atoms with Crippen molar-refractivity contribution in [2.45, 2.75) is 84.1 Å². The molecule has 0 saturated heterocycles. The van der Waals surface area contributed by atoms with Gasteiger partial charge in [-0.1, -0.05) is 38.2 Å². The number of unbranched alkanes of at least 4 members (excludes halogenated alkanes) is 8. The summed E-state index contributed by atoms with van der Waals surface area (Å²) in [6.45, 7) is 11.2. The van der Waals surface area contributed by atoms with Crippen LogP contribution in [0.4, 0.5) is 0 Å². The summed E-state index contributed by atoms with van der Waals surface area (Å²) < 4.78 is 17.1. The van der Waals surface area contributed by atoms with Crippen molar-refractivity contribution in [2.75, 3.05) is 26.4 Å². The average molecular weight is 345 g/mol. The van der Waals surface area contributed by atoms with E-state index in [0.29, 0.717) is 0 Å². The zero-order valence-electron chi connectivity index (χ0n) is 15.7. The highest BCUT2D eigenvalue weighted by atomic mass is 28.3. The number of hydrogen-bond acceptors (Lipinski definition) is 3. The second-order valence-electron chi connectivity index (χ2n) is 6.00. The fourth-order valence-corrected chi connectivity index (χ4v) is 4.38. The fraction of sp³-hybridized carbons (Fsp3) is 0.895. The molecule has 0 aromatic heterocycles. The van der Waals surface area contributed by atoms with E-state index < -0.39 is 9.28 Å². The van der Waals surface area contributed by atoms with Gasteiger partial charge in [-0.2, -0.15) is 0 Å². The van der Waals surface area contributed by atoms with Gasteiger partial charge in [-0.3, -0.25) is 0 Å². The van der Waals surface area contributed by atoms with Crippen LogP contribution in [-0.4, -0.2) is 35.7 Å². The summed E-state index contributed by atoms with van der Waals surface area (Å²) in [5, 5.41) is 0. The van der Waals surface area contributed by atoms with Crippen molar-refractivity contribution in [3.05, 3.63) is 12.7 Å². The topological polar surface area (TPSA) is 27.7 Å². The molecule has 23 heavy (non-hydrogen) atoms. The standard InChI is InChI=1S/C19H40O3Si/c1-4-7-8-9-10-11-12-13-14-17-20-18-15-16-19-23(21-5-2)22-6-3/h4,23H,1,5-19H2,2-3H3. The SMILES string of the molecule is C=CCCCCCCCCCOCCCC[SiH](OCC)OCC. The van der Waals surface area contributed by atoms with Crippen LogP contribution in [0.15, 0.2) is 12.7 Å². The van der Waals surface area contributed by atoms with Crippen LogP contribution in [0.2, 0.25) is 6.04 Å². The third-order valence-electron chi connectivity index (χ3n) is 3.88.